The Labute approximate surface area is 119 Å². The predicted octanol–water partition coefficient (Wildman–Crippen LogP) is 0.864. The van der Waals surface area contributed by atoms with Gasteiger partial charge in [-0.15, -0.1) is 0 Å². The van der Waals surface area contributed by atoms with Gasteiger partial charge in [0.05, 0.1) is 6.54 Å². The summed E-state index contributed by atoms with van der Waals surface area (Å²) in [4.78, 5) is 16.1. The quantitative estimate of drug-likeness (QED) is 0.812. The van der Waals surface area contributed by atoms with Crippen LogP contribution in [0.4, 0.5) is 0 Å². The van der Waals surface area contributed by atoms with Crippen LogP contribution >= 0.6 is 27.5 Å². The highest BCUT2D eigenvalue weighted by atomic mass is 79.9. The van der Waals surface area contributed by atoms with Crippen molar-refractivity contribution in [3.63, 3.8) is 0 Å². The Morgan fingerprint density at radius 1 is 1.56 bits per heavy atom. The van der Waals surface area contributed by atoms with Crippen molar-refractivity contribution in [2.24, 2.45) is 0 Å². The summed E-state index contributed by atoms with van der Waals surface area (Å²) >= 11 is 8.82. The van der Waals surface area contributed by atoms with Crippen molar-refractivity contribution in [2.45, 2.75) is 4.90 Å². The van der Waals surface area contributed by atoms with E-state index >= 15 is 0 Å². The van der Waals surface area contributed by atoms with Crippen molar-refractivity contribution < 1.29 is 13.2 Å². The van der Waals surface area contributed by atoms with Crippen molar-refractivity contribution in [3.8, 4) is 0 Å². The van der Waals surface area contributed by atoms with Crippen LogP contribution in [-0.2, 0) is 14.8 Å². The standard InChI is InChI=1S/C9H11BrClN3O3S/c1-14(2)8(15)5-13-18(16,17)7-3-6(10)4-12-9(7)11/h3-4,13H,5H2,1-2H3. The van der Waals surface area contributed by atoms with E-state index in [4.69, 9.17) is 11.6 Å². The molecule has 100 valence electrons. The summed E-state index contributed by atoms with van der Waals surface area (Å²) in [5.74, 6) is -0.363. The van der Waals surface area contributed by atoms with Gasteiger partial charge in [0, 0.05) is 24.8 Å². The topological polar surface area (TPSA) is 79.4 Å². The van der Waals surface area contributed by atoms with Crippen molar-refractivity contribution in [1.29, 1.82) is 0 Å². The minimum absolute atomic E-state index is 0.150. The lowest BCUT2D eigenvalue weighted by Gasteiger charge is -2.11. The number of halogens is 2. The zero-order valence-electron chi connectivity index (χ0n) is 9.65. The third-order valence-electron chi connectivity index (χ3n) is 1.98. The summed E-state index contributed by atoms with van der Waals surface area (Å²) in [6.45, 7) is -0.335. The minimum atomic E-state index is -3.86. The molecule has 0 saturated carbocycles. The molecule has 18 heavy (non-hydrogen) atoms. The van der Waals surface area contributed by atoms with E-state index in [0.717, 1.165) is 0 Å². The molecular formula is C9H11BrClN3O3S. The van der Waals surface area contributed by atoms with E-state index in [0.29, 0.717) is 4.47 Å². The van der Waals surface area contributed by atoms with E-state index < -0.39 is 10.0 Å². The maximum atomic E-state index is 11.9. The summed E-state index contributed by atoms with van der Waals surface area (Å²) < 4.78 is 26.4. The highest BCUT2D eigenvalue weighted by Gasteiger charge is 2.20. The molecule has 0 atom stereocenters. The Kier molecular flexibility index (Phi) is 5.09. The zero-order chi connectivity index (χ0) is 13.9. The normalized spacial score (nSPS) is 11.3. The van der Waals surface area contributed by atoms with Crippen LogP contribution in [0.2, 0.25) is 5.15 Å². The third kappa shape index (κ3) is 3.91. The number of sulfonamides is 1. The number of hydrogen-bond acceptors (Lipinski definition) is 4. The number of hydrogen-bond donors (Lipinski definition) is 1. The summed E-state index contributed by atoms with van der Waals surface area (Å²) in [5, 5.41) is -0.150. The molecule has 0 fully saturated rings. The molecule has 0 spiro atoms. The van der Waals surface area contributed by atoms with E-state index in [-0.39, 0.29) is 22.5 Å². The number of pyridine rings is 1. The van der Waals surface area contributed by atoms with E-state index in [1.165, 1.54) is 31.3 Å². The molecule has 0 aromatic carbocycles. The average molecular weight is 357 g/mol. The number of amides is 1. The molecule has 6 nitrogen and oxygen atoms in total. The van der Waals surface area contributed by atoms with Crippen LogP contribution < -0.4 is 4.72 Å². The van der Waals surface area contributed by atoms with Crippen LogP contribution in [0.3, 0.4) is 0 Å². The number of likely N-dealkylation sites (N-methyl/N-ethyl adjacent to an activating group) is 1. The number of nitrogens with one attached hydrogen (secondary N) is 1. The lowest BCUT2D eigenvalue weighted by molar-refractivity contribution is -0.127. The summed E-state index contributed by atoms with van der Waals surface area (Å²) in [5.41, 5.74) is 0. The summed E-state index contributed by atoms with van der Waals surface area (Å²) in [6.07, 6.45) is 1.38. The Balaban J connectivity index is 2.93. The lowest BCUT2D eigenvalue weighted by atomic mass is 10.5. The first-order valence-electron chi connectivity index (χ1n) is 4.75. The van der Waals surface area contributed by atoms with Crippen LogP contribution in [0.5, 0.6) is 0 Å². The molecule has 9 heteroatoms. The summed E-state index contributed by atoms with van der Waals surface area (Å²) in [7, 11) is -0.800. The van der Waals surface area contributed by atoms with Gasteiger partial charge in [0.2, 0.25) is 15.9 Å². The van der Waals surface area contributed by atoms with Gasteiger partial charge in [-0.2, -0.15) is 0 Å². The first-order valence-corrected chi connectivity index (χ1v) is 7.40. The number of rotatable bonds is 4. The number of nitrogens with zero attached hydrogens (tertiary/aromatic N) is 2. The molecule has 0 aliphatic heterocycles. The largest absolute Gasteiger partial charge is 0.348 e. The third-order valence-corrected chi connectivity index (χ3v) is 4.24. The van der Waals surface area contributed by atoms with Gasteiger partial charge < -0.3 is 4.90 Å². The average Bonchev–Trinajstić information content (AvgIpc) is 2.29. The Bertz CT molecular complexity index is 562. The van der Waals surface area contributed by atoms with Gasteiger partial charge in [-0.05, 0) is 22.0 Å². The van der Waals surface area contributed by atoms with Crippen LogP contribution in [0, 0.1) is 0 Å². The number of carbonyl (C=O) groups is 1. The van der Waals surface area contributed by atoms with Crippen LogP contribution in [0.15, 0.2) is 21.6 Å². The fourth-order valence-electron chi connectivity index (χ4n) is 0.985. The fraction of sp³-hybridized carbons (Fsp3) is 0.333. The molecule has 1 aromatic heterocycles. The number of carbonyl (C=O) groups excluding carboxylic acids is 1. The predicted molar refractivity (Wildman–Crippen MR) is 70.8 cm³/mol. The van der Waals surface area contributed by atoms with Crippen molar-refractivity contribution >= 4 is 43.5 Å². The van der Waals surface area contributed by atoms with Gasteiger partial charge in [-0.25, -0.2) is 18.1 Å². The number of aromatic nitrogens is 1. The van der Waals surface area contributed by atoms with Crippen molar-refractivity contribution in [2.75, 3.05) is 20.6 Å². The fourth-order valence-corrected chi connectivity index (χ4v) is 2.90. The molecule has 0 radical (unpaired) electrons. The Morgan fingerprint density at radius 2 is 2.17 bits per heavy atom. The first-order chi connectivity index (χ1) is 8.24. The molecule has 0 aliphatic carbocycles. The van der Waals surface area contributed by atoms with E-state index in [1.807, 2.05) is 0 Å². The van der Waals surface area contributed by atoms with Gasteiger partial charge in [-0.3, -0.25) is 4.79 Å². The van der Waals surface area contributed by atoms with Gasteiger partial charge in [0.25, 0.3) is 0 Å². The van der Waals surface area contributed by atoms with Gasteiger partial charge in [0.15, 0.2) is 0 Å². The van der Waals surface area contributed by atoms with E-state index in [9.17, 15) is 13.2 Å². The van der Waals surface area contributed by atoms with Crippen LogP contribution in [-0.4, -0.2) is 44.8 Å². The van der Waals surface area contributed by atoms with Crippen molar-refractivity contribution in [1.82, 2.24) is 14.6 Å². The molecule has 0 saturated heterocycles. The highest BCUT2D eigenvalue weighted by Crippen LogP contribution is 2.22. The highest BCUT2D eigenvalue weighted by molar-refractivity contribution is 9.10. The molecule has 1 heterocycles. The zero-order valence-corrected chi connectivity index (χ0v) is 12.8. The van der Waals surface area contributed by atoms with Gasteiger partial charge >= 0.3 is 0 Å². The molecular weight excluding hydrogens is 346 g/mol. The molecule has 0 aliphatic rings. The van der Waals surface area contributed by atoms with Gasteiger partial charge in [0.1, 0.15) is 10.0 Å². The Morgan fingerprint density at radius 3 is 2.72 bits per heavy atom. The second-order valence-corrected chi connectivity index (χ2v) is 6.56. The molecule has 1 amide bonds. The molecule has 0 bridgehead atoms. The minimum Gasteiger partial charge on any atom is -0.348 e. The SMILES string of the molecule is CN(C)C(=O)CNS(=O)(=O)c1cc(Br)cnc1Cl. The molecule has 0 unspecified atom stereocenters. The van der Waals surface area contributed by atoms with Crippen LogP contribution in [0.1, 0.15) is 0 Å². The smallest absolute Gasteiger partial charge is 0.244 e. The second-order valence-electron chi connectivity index (χ2n) is 3.56. The van der Waals surface area contributed by atoms with E-state index in [1.54, 1.807) is 0 Å². The molecule has 1 N–H and O–H groups in total. The van der Waals surface area contributed by atoms with Crippen LogP contribution in [0.25, 0.3) is 0 Å². The van der Waals surface area contributed by atoms with Crippen molar-refractivity contribution in [3.05, 3.63) is 21.9 Å². The second kappa shape index (κ2) is 5.96. The van der Waals surface area contributed by atoms with E-state index in [2.05, 4.69) is 25.6 Å². The Hall–Kier alpha value is -0.700. The molecule has 1 aromatic rings. The maximum Gasteiger partial charge on any atom is 0.244 e. The van der Waals surface area contributed by atoms with Gasteiger partial charge in [-0.1, -0.05) is 11.6 Å². The lowest BCUT2D eigenvalue weighted by Crippen LogP contribution is -2.36. The summed E-state index contributed by atoms with van der Waals surface area (Å²) in [6, 6.07) is 1.32. The first kappa shape index (κ1) is 15.4. The maximum absolute atomic E-state index is 11.9. The molecule has 1 rings (SSSR count). The monoisotopic (exact) mass is 355 g/mol.